The van der Waals surface area contributed by atoms with Crippen LogP contribution in [0.4, 0.5) is 5.69 Å². The minimum Gasteiger partial charge on any atom is -0.418 e. The van der Waals surface area contributed by atoms with Gasteiger partial charge in [0.2, 0.25) is 17.6 Å². The van der Waals surface area contributed by atoms with Crippen LogP contribution in [0.5, 0.6) is 5.75 Å². The van der Waals surface area contributed by atoms with E-state index in [2.05, 4.69) is 0 Å². The Morgan fingerprint density at radius 1 is 1.38 bits per heavy atom. The Labute approximate surface area is 155 Å². The lowest BCUT2D eigenvalue weighted by molar-refractivity contribution is -0.385. The van der Waals surface area contributed by atoms with Gasteiger partial charge in [0, 0.05) is 17.2 Å². The SMILES string of the molecule is Cc1ccc(OC(=O)CN2C(=O)CC(SC(C)(C)C)C2=O)c([N+](=O)[O-])c1. The molecule has 1 aliphatic rings. The molecule has 1 heterocycles. The average molecular weight is 380 g/mol. The average Bonchev–Trinajstić information content (AvgIpc) is 2.74. The van der Waals surface area contributed by atoms with Crippen LogP contribution in [0.3, 0.4) is 0 Å². The van der Waals surface area contributed by atoms with Gasteiger partial charge >= 0.3 is 11.7 Å². The Hall–Kier alpha value is -2.42. The van der Waals surface area contributed by atoms with E-state index in [0.717, 1.165) is 4.90 Å². The Balaban J connectivity index is 2.08. The molecule has 1 aromatic carbocycles. The van der Waals surface area contributed by atoms with Gasteiger partial charge in [-0.3, -0.25) is 24.6 Å². The van der Waals surface area contributed by atoms with E-state index in [4.69, 9.17) is 4.74 Å². The molecule has 1 fully saturated rings. The first-order chi connectivity index (χ1) is 12.0. The lowest BCUT2D eigenvalue weighted by atomic mass is 10.2. The number of rotatable bonds is 5. The Morgan fingerprint density at radius 2 is 2.04 bits per heavy atom. The number of benzene rings is 1. The van der Waals surface area contributed by atoms with Crippen LogP contribution in [0.1, 0.15) is 32.8 Å². The summed E-state index contributed by atoms with van der Waals surface area (Å²) in [4.78, 5) is 47.8. The highest BCUT2D eigenvalue weighted by molar-refractivity contribution is 8.01. The summed E-state index contributed by atoms with van der Waals surface area (Å²) < 4.78 is 4.81. The van der Waals surface area contributed by atoms with Crippen LogP contribution in [0.2, 0.25) is 0 Å². The molecule has 140 valence electrons. The van der Waals surface area contributed by atoms with Gasteiger partial charge in [0.25, 0.3) is 0 Å². The van der Waals surface area contributed by atoms with Crippen molar-refractivity contribution in [1.82, 2.24) is 4.90 Å². The number of likely N-dealkylation sites (tertiary alicyclic amines) is 1. The minimum absolute atomic E-state index is 0.0265. The number of hydrogen-bond donors (Lipinski definition) is 0. The third kappa shape index (κ3) is 4.81. The molecular weight excluding hydrogens is 360 g/mol. The fourth-order valence-corrected chi connectivity index (χ4v) is 3.79. The predicted octanol–water partition coefficient (Wildman–Crippen LogP) is 2.47. The van der Waals surface area contributed by atoms with Crippen molar-refractivity contribution in [2.75, 3.05) is 6.54 Å². The number of carbonyl (C=O) groups excluding carboxylic acids is 3. The van der Waals surface area contributed by atoms with Crippen LogP contribution >= 0.6 is 11.8 Å². The Morgan fingerprint density at radius 3 is 2.62 bits per heavy atom. The number of imide groups is 1. The quantitative estimate of drug-likeness (QED) is 0.254. The van der Waals surface area contributed by atoms with Gasteiger partial charge in [-0.1, -0.05) is 26.8 Å². The molecule has 0 spiro atoms. The van der Waals surface area contributed by atoms with Gasteiger partial charge in [0.05, 0.1) is 10.2 Å². The van der Waals surface area contributed by atoms with Crippen molar-refractivity contribution >= 4 is 35.2 Å². The number of thioether (sulfide) groups is 1. The predicted molar refractivity (Wildman–Crippen MR) is 95.9 cm³/mol. The van der Waals surface area contributed by atoms with Crippen LogP contribution in [0.15, 0.2) is 18.2 Å². The van der Waals surface area contributed by atoms with Gasteiger partial charge in [0.15, 0.2) is 0 Å². The van der Waals surface area contributed by atoms with E-state index in [1.807, 2.05) is 20.8 Å². The van der Waals surface area contributed by atoms with Crippen LogP contribution < -0.4 is 4.74 Å². The van der Waals surface area contributed by atoms with Gasteiger partial charge in [-0.25, -0.2) is 4.79 Å². The Kier molecular flexibility index (Phi) is 5.70. The summed E-state index contributed by atoms with van der Waals surface area (Å²) in [7, 11) is 0. The molecular formula is C17H20N2O6S. The molecule has 26 heavy (non-hydrogen) atoms. The molecule has 9 heteroatoms. The number of nitro groups is 1. The van der Waals surface area contributed by atoms with E-state index in [-0.39, 0.29) is 22.6 Å². The smallest absolute Gasteiger partial charge is 0.331 e. The van der Waals surface area contributed by atoms with Crippen LogP contribution in [0, 0.1) is 17.0 Å². The number of esters is 1. The fourth-order valence-electron chi connectivity index (χ4n) is 2.48. The zero-order valence-corrected chi connectivity index (χ0v) is 15.8. The molecule has 1 unspecified atom stereocenters. The topological polar surface area (TPSA) is 107 Å². The summed E-state index contributed by atoms with van der Waals surface area (Å²) in [6.07, 6.45) is 0.0265. The van der Waals surface area contributed by atoms with Crippen molar-refractivity contribution < 1.29 is 24.0 Å². The van der Waals surface area contributed by atoms with Crippen molar-refractivity contribution in [3.63, 3.8) is 0 Å². The number of hydrogen-bond acceptors (Lipinski definition) is 7. The first kappa shape index (κ1) is 19.9. The molecule has 1 aliphatic heterocycles. The van der Waals surface area contributed by atoms with E-state index in [9.17, 15) is 24.5 Å². The maximum Gasteiger partial charge on any atom is 0.331 e. The van der Waals surface area contributed by atoms with E-state index in [1.54, 1.807) is 13.0 Å². The van der Waals surface area contributed by atoms with Gasteiger partial charge in [-0.15, -0.1) is 11.8 Å². The first-order valence-electron chi connectivity index (χ1n) is 7.95. The second-order valence-corrected chi connectivity index (χ2v) is 8.97. The summed E-state index contributed by atoms with van der Waals surface area (Å²) in [5.74, 6) is -2.01. The zero-order chi connectivity index (χ0) is 19.6. The Bertz CT molecular complexity index is 771. The molecule has 0 aromatic heterocycles. The summed E-state index contributed by atoms with van der Waals surface area (Å²) >= 11 is 1.37. The fraction of sp³-hybridized carbons (Fsp3) is 0.471. The summed E-state index contributed by atoms with van der Waals surface area (Å²) in [6.45, 7) is 6.91. The molecule has 0 bridgehead atoms. The molecule has 0 N–H and O–H groups in total. The number of nitrogens with zero attached hydrogens (tertiary/aromatic N) is 2. The molecule has 2 amide bonds. The lowest BCUT2D eigenvalue weighted by Gasteiger charge is -2.21. The van der Waals surface area contributed by atoms with Gasteiger partial charge < -0.3 is 4.74 Å². The molecule has 1 saturated heterocycles. The number of carbonyl (C=O) groups is 3. The normalized spacial score (nSPS) is 17.5. The van der Waals surface area contributed by atoms with Gasteiger partial charge in [0.1, 0.15) is 6.54 Å². The van der Waals surface area contributed by atoms with Crippen molar-refractivity contribution in [3.05, 3.63) is 33.9 Å². The van der Waals surface area contributed by atoms with Crippen LogP contribution in [-0.2, 0) is 14.4 Å². The van der Waals surface area contributed by atoms with E-state index < -0.39 is 34.5 Å². The summed E-state index contributed by atoms with van der Waals surface area (Å²) in [5.41, 5.74) is 0.294. The second-order valence-electron chi connectivity index (χ2n) is 6.94. The highest BCUT2D eigenvalue weighted by Crippen LogP contribution is 2.34. The van der Waals surface area contributed by atoms with Crippen molar-refractivity contribution in [2.45, 2.75) is 44.1 Å². The molecule has 0 radical (unpaired) electrons. The third-order valence-corrected chi connectivity index (χ3v) is 4.88. The first-order valence-corrected chi connectivity index (χ1v) is 8.83. The largest absolute Gasteiger partial charge is 0.418 e. The number of aryl methyl sites for hydroxylation is 1. The van der Waals surface area contributed by atoms with E-state index in [0.29, 0.717) is 5.56 Å². The van der Waals surface area contributed by atoms with E-state index >= 15 is 0 Å². The molecule has 1 aromatic rings. The highest BCUT2D eigenvalue weighted by atomic mass is 32.2. The maximum absolute atomic E-state index is 12.4. The number of ether oxygens (including phenoxy) is 1. The maximum atomic E-state index is 12.4. The minimum atomic E-state index is -0.903. The monoisotopic (exact) mass is 380 g/mol. The van der Waals surface area contributed by atoms with Crippen molar-refractivity contribution in [1.29, 1.82) is 0 Å². The third-order valence-electron chi connectivity index (χ3n) is 3.52. The van der Waals surface area contributed by atoms with Crippen molar-refractivity contribution in [3.8, 4) is 5.75 Å². The van der Waals surface area contributed by atoms with Gasteiger partial charge in [-0.2, -0.15) is 0 Å². The van der Waals surface area contributed by atoms with Crippen LogP contribution in [0.25, 0.3) is 0 Å². The highest BCUT2D eigenvalue weighted by Gasteiger charge is 2.42. The molecule has 8 nitrogen and oxygen atoms in total. The number of amides is 2. The molecule has 2 rings (SSSR count). The number of nitro benzene ring substituents is 1. The summed E-state index contributed by atoms with van der Waals surface area (Å²) in [6, 6.07) is 4.17. The standard InChI is InChI=1S/C17H20N2O6S/c1-10-5-6-12(11(7-10)19(23)24)25-15(21)9-18-14(20)8-13(16(18)22)26-17(2,3)4/h5-7,13H,8-9H2,1-4H3. The molecule has 0 saturated carbocycles. The molecule has 1 atom stereocenters. The van der Waals surface area contributed by atoms with Crippen LogP contribution in [-0.4, -0.2) is 44.1 Å². The molecule has 0 aliphatic carbocycles. The zero-order valence-electron chi connectivity index (χ0n) is 15.0. The van der Waals surface area contributed by atoms with Crippen molar-refractivity contribution in [2.24, 2.45) is 0 Å². The summed E-state index contributed by atoms with van der Waals surface area (Å²) in [5, 5.41) is 10.5. The van der Waals surface area contributed by atoms with E-state index in [1.165, 1.54) is 23.9 Å². The second kappa shape index (κ2) is 7.45. The van der Waals surface area contributed by atoms with Gasteiger partial charge in [-0.05, 0) is 18.6 Å². The lowest BCUT2D eigenvalue weighted by Crippen LogP contribution is -2.38.